The van der Waals surface area contributed by atoms with Gasteiger partial charge in [0.1, 0.15) is 11.6 Å². The molecule has 0 aromatic carbocycles. The Balaban J connectivity index is 1.40. The van der Waals surface area contributed by atoms with Crippen molar-refractivity contribution in [1.29, 1.82) is 0 Å². The molecule has 7 heteroatoms. The third-order valence-electron chi connectivity index (χ3n) is 7.24. The summed E-state index contributed by atoms with van der Waals surface area (Å²) in [5.74, 6) is 2.50. The third kappa shape index (κ3) is 3.78. The molecule has 4 heterocycles. The zero-order valence-electron chi connectivity index (χ0n) is 19.4. The van der Waals surface area contributed by atoms with Gasteiger partial charge in [0.15, 0.2) is 5.65 Å². The van der Waals surface area contributed by atoms with E-state index >= 15 is 0 Å². The van der Waals surface area contributed by atoms with Gasteiger partial charge in [0.25, 0.3) is 0 Å². The first-order valence-electron chi connectivity index (χ1n) is 12.0. The van der Waals surface area contributed by atoms with Crippen LogP contribution >= 0.6 is 0 Å². The summed E-state index contributed by atoms with van der Waals surface area (Å²) in [6.07, 6.45) is 9.01. The summed E-state index contributed by atoms with van der Waals surface area (Å²) in [6, 6.07) is 4.27. The Kier molecular flexibility index (Phi) is 5.66. The molecule has 1 aliphatic heterocycles. The second kappa shape index (κ2) is 8.60. The van der Waals surface area contributed by atoms with E-state index < -0.39 is 0 Å². The van der Waals surface area contributed by atoms with Gasteiger partial charge in [-0.05, 0) is 52.0 Å². The van der Waals surface area contributed by atoms with Crippen molar-refractivity contribution >= 4 is 17.4 Å². The Morgan fingerprint density at radius 1 is 1.19 bits per heavy atom. The van der Waals surface area contributed by atoms with Crippen molar-refractivity contribution in [3.63, 3.8) is 0 Å². The number of fused-ring (bicyclic) bond motifs is 1. The molecule has 1 aliphatic carbocycles. The number of carbonyl (C=O) groups excluding carboxylic acids is 1. The average molecular weight is 436 g/mol. The number of rotatable bonds is 5. The first-order valence-corrected chi connectivity index (χ1v) is 12.0. The van der Waals surface area contributed by atoms with E-state index in [-0.39, 0.29) is 17.9 Å². The number of anilines is 1. The Morgan fingerprint density at radius 3 is 2.59 bits per heavy atom. The topological polar surface area (TPSA) is 75.7 Å². The van der Waals surface area contributed by atoms with Crippen LogP contribution in [0.1, 0.15) is 62.5 Å². The summed E-state index contributed by atoms with van der Waals surface area (Å²) in [6.45, 7) is 8.04. The van der Waals surface area contributed by atoms with Gasteiger partial charge in [-0.1, -0.05) is 19.8 Å². The van der Waals surface area contributed by atoms with Gasteiger partial charge in [0.05, 0.1) is 12.0 Å². The quantitative estimate of drug-likeness (QED) is 0.641. The summed E-state index contributed by atoms with van der Waals surface area (Å²) < 4.78 is 7.50. The minimum absolute atomic E-state index is 0.232. The molecule has 5 rings (SSSR count). The van der Waals surface area contributed by atoms with E-state index in [9.17, 15) is 4.79 Å². The zero-order chi connectivity index (χ0) is 22.2. The van der Waals surface area contributed by atoms with Crippen LogP contribution in [0.4, 0.5) is 5.82 Å². The molecule has 2 fully saturated rings. The Bertz CT molecular complexity index is 1120. The fourth-order valence-electron chi connectivity index (χ4n) is 5.40. The summed E-state index contributed by atoms with van der Waals surface area (Å²) >= 11 is 0. The summed E-state index contributed by atoms with van der Waals surface area (Å²) in [5, 5.41) is 8.27. The standard InChI is InChI=1S/C25H33N5O2/c1-4-20-16(2)26-23-15-22(21-11-14-32-17(21)3)28-30(23)25(20)29-12-9-19(10-13-29)27-24(31)18-7-5-6-8-18/h11,14-15,18-19H,4-10,12-13H2,1-3H3,(H,27,31). The van der Waals surface area contributed by atoms with Gasteiger partial charge < -0.3 is 14.6 Å². The number of nitrogens with one attached hydrogen (secondary N) is 1. The highest BCUT2D eigenvalue weighted by Gasteiger charge is 2.29. The number of aryl methyl sites for hydroxylation is 2. The predicted octanol–water partition coefficient (Wildman–Crippen LogP) is 4.44. The number of amides is 1. The van der Waals surface area contributed by atoms with E-state index in [2.05, 4.69) is 24.1 Å². The van der Waals surface area contributed by atoms with Gasteiger partial charge >= 0.3 is 0 Å². The molecule has 1 N–H and O–H groups in total. The molecule has 0 spiro atoms. The first-order chi connectivity index (χ1) is 15.5. The Hall–Kier alpha value is -2.83. The number of hydrogen-bond donors (Lipinski definition) is 1. The third-order valence-corrected chi connectivity index (χ3v) is 7.24. The van der Waals surface area contributed by atoms with E-state index in [1.807, 2.05) is 23.6 Å². The molecule has 1 saturated heterocycles. The molecule has 0 bridgehead atoms. The van der Waals surface area contributed by atoms with E-state index in [4.69, 9.17) is 14.5 Å². The van der Waals surface area contributed by atoms with Gasteiger partial charge in [-0.15, -0.1) is 0 Å². The van der Waals surface area contributed by atoms with E-state index in [1.165, 1.54) is 18.4 Å². The molecular weight excluding hydrogens is 402 g/mol. The van der Waals surface area contributed by atoms with Gasteiger partial charge in [0.2, 0.25) is 5.91 Å². The van der Waals surface area contributed by atoms with Crippen LogP contribution < -0.4 is 10.2 Å². The predicted molar refractivity (Wildman–Crippen MR) is 125 cm³/mol. The van der Waals surface area contributed by atoms with Gasteiger partial charge in [-0.25, -0.2) is 4.98 Å². The number of aromatic nitrogens is 3. The molecule has 7 nitrogen and oxygen atoms in total. The van der Waals surface area contributed by atoms with Crippen LogP contribution in [0, 0.1) is 19.8 Å². The molecule has 2 aliphatic rings. The lowest BCUT2D eigenvalue weighted by Crippen LogP contribution is -2.46. The molecule has 1 amide bonds. The molecular formula is C25H33N5O2. The van der Waals surface area contributed by atoms with Gasteiger partial charge in [-0.3, -0.25) is 4.79 Å². The molecule has 170 valence electrons. The van der Waals surface area contributed by atoms with Crippen LogP contribution in [0.25, 0.3) is 16.9 Å². The monoisotopic (exact) mass is 435 g/mol. The SMILES string of the molecule is CCc1c(C)nc2cc(-c3ccoc3C)nn2c1N1CCC(NC(=O)C2CCCC2)CC1. The minimum Gasteiger partial charge on any atom is -0.469 e. The minimum atomic E-state index is 0.232. The second-order valence-corrected chi connectivity index (χ2v) is 9.29. The van der Waals surface area contributed by atoms with Crippen molar-refractivity contribution in [2.75, 3.05) is 18.0 Å². The van der Waals surface area contributed by atoms with Crippen LogP contribution in [0.2, 0.25) is 0 Å². The molecule has 0 atom stereocenters. The fourth-order valence-corrected chi connectivity index (χ4v) is 5.40. The normalized spacial score (nSPS) is 18.0. The van der Waals surface area contributed by atoms with Crippen LogP contribution in [-0.2, 0) is 11.2 Å². The number of carbonyl (C=O) groups is 1. The smallest absolute Gasteiger partial charge is 0.223 e. The average Bonchev–Trinajstić information content (AvgIpc) is 3.54. The molecule has 0 radical (unpaired) electrons. The lowest BCUT2D eigenvalue weighted by atomic mass is 10.0. The summed E-state index contributed by atoms with van der Waals surface area (Å²) in [7, 11) is 0. The Morgan fingerprint density at radius 2 is 1.94 bits per heavy atom. The van der Waals surface area contributed by atoms with Crippen LogP contribution in [0.5, 0.6) is 0 Å². The van der Waals surface area contributed by atoms with E-state index in [0.717, 1.165) is 79.4 Å². The van der Waals surface area contributed by atoms with Crippen LogP contribution in [-0.4, -0.2) is 39.6 Å². The zero-order valence-corrected chi connectivity index (χ0v) is 19.4. The largest absolute Gasteiger partial charge is 0.469 e. The van der Waals surface area contributed by atoms with Crippen LogP contribution in [0.3, 0.4) is 0 Å². The Labute approximate surface area is 189 Å². The molecule has 3 aromatic rings. The highest BCUT2D eigenvalue weighted by Crippen LogP contribution is 2.31. The fraction of sp³-hybridized carbons (Fsp3) is 0.560. The lowest BCUT2D eigenvalue weighted by Gasteiger charge is -2.35. The lowest BCUT2D eigenvalue weighted by molar-refractivity contribution is -0.125. The van der Waals surface area contributed by atoms with E-state index in [0.29, 0.717) is 0 Å². The first kappa shape index (κ1) is 21.0. The second-order valence-electron chi connectivity index (χ2n) is 9.29. The number of nitrogens with zero attached hydrogens (tertiary/aromatic N) is 4. The maximum Gasteiger partial charge on any atom is 0.223 e. The van der Waals surface area contributed by atoms with Crippen molar-refractivity contribution < 1.29 is 9.21 Å². The number of furan rings is 1. The van der Waals surface area contributed by atoms with Crippen molar-refractivity contribution in [3.05, 3.63) is 35.4 Å². The van der Waals surface area contributed by atoms with Crippen molar-refractivity contribution in [2.24, 2.45) is 5.92 Å². The van der Waals surface area contributed by atoms with Gasteiger partial charge in [0, 0.05) is 47.9 Å². The maximum atomic E-state index is 12.6. The molecule has 1 saturated carbocycles. The maximum absolute atomic E-state index is 12.6. The van der Waals surface area contributed by atoms with Crippen molar-refractivity contribution in [3.8, 4) is 11.3 Å². The van der Waals surface area contributed by atoms with Crippen molar-refractivity contribution in [2.45, 2.75) is 71.8 Å². The van der Waals surface area contributed by atoms with Crippen molar-refractivity contribution in [1.82, 2.24) is 19.9 Å². The van der Waals surface area contributed by atoms with Gasteiger partial charge in [-0.2, -0.15) is 9.61 Å². The van der Waals surface area contributed by atoms with E-state index in [1.54, 1.807) is 6.26 Å². The highest BCUT2D eigenvalue weighted by atomic mass is 16.3. The highest BCUT2D eigenvalue weighted by molar-refractivity contribution is 5.79. The number of hydrogen-bond acceptors (Lipinski definition) is 5. The molecule has 32 heavy (non-hydrogen) atoms. The molecule has 0 unspecified atom stereocenters. The summed E-state index contributed by atoms with van der Waals surface area (Å²) in [4.78, 5) is 19.8. The summed E-state index contributed by atoms with van der Waals surface area (Å²) in [5.41, 5.74) is 5.05. The number of piperidine rings is 1. The molecule has 3 aromatic heterocycles. The van der Waals surface area contributed by atoms with Crippen LogP contribution in [0.15, 0.2) is 22.8 Å².